The second kappa shape index (κ2) is 14.5. The van der Waals surface area contributed by atoms with Crippen LogP contribution in [-0.2, 0) is 23.9 Å². The molecule has 0 saturated carbocycles. The minimum absolute atomic E-state index is 0. The maximum Gasteiger partial charge on any atom is 0.416 e. The first-order valence-corrected chi connectivity index (χ1v) is 13.1. The van der Waals surface area contributed by atoms with Crippen LogP contribution in [0.25, 0.3) is 0 Å². The van der Waals surface area contributed by atoms with E-state index in [2.05, 4.69) is 16.0 Å². The summed E-state index contributed by atoms with van der Waals surface area (Å²) in [4.78, 5) is 36.3. The number of hydrogen-bond donors (Lipinski definition) is 7. The van der Waals surface area contributed by atoms with Gasteiger partial charge in [0.2, 0.25) is 5.91 Å². The van der Waals surface area contributed by atoms with Gasteiger partial charge < -0.3 is 37.0 Å². The molecule has 0 bridgehead atoms. The van der Waals surface area contributed by atoms with Crippen molar-refractivity contribution in [3.05, 3.63) is 113 Å². The van der Waals surface area contributed by atoms with Gasteiger partial charge >= 0.3 is 18.1 Å². The number of carboxylic acid groups (broad SMARTS) is 2. The molecule has 0 unspecified atom stereocenters. The van der Waals surface area contributed by atoms with Gasteiger partial charge in [0.15, 0.2) is 0 Å². The number of anilines is 4. The Bertz CT molecular complexity index is 1700. The molecule has 4 rings (SSSR count). The van der Waals surface area contributed by atoms with Crippen molar-refractivity contribution >= 4 is 53.0 Å². The first kappa shape index (κ1) is 34.2. The van der Waals surface area contributed by atoms with Crippen LogP contribution in [0.3, 0.4) is 0 Å². The largest absolute Gasteiger partial charge is 0.508 e. The molecule has 10 nitrogen and oxygen atoms in total. The van der Waals surface area contributed by atoms with Crippen LogP contribution in [-0.4, -0.2) is 39.2 Å². The Balaban J connectivity index is 0.00000552. The summed E-state index contributed by atoms with van der Waals surface area (Å²) in [6.45, 7) is -0.0784. The molecule has 0 saturated heterocycles. The fourth-order valence-corrected chi connectivity index (χ4v) is 4.29. The highest BCUT2D eigenvalue weighted by Gasteiger charge is 2.31. The van der Waals surface area contributed by atoms with Crippen molar-refractivity contribution in [2.45, 2.75) is 25.2 Å². The number of amides is 1. The third kappa shape index (κ3) is 8.87. The maximum atomic E-state index is 13.6. The number of carboxylic acids is 2. The summed E-state index contributed by atoms with van der Waals surface area (Å²) in [6.07, 6.45) is -4.52. The molecule has 0 aliphatic heterocycles. The van der Waals surface area contributed by atoms with Crippen LogP contribution in [0.2, 0.25) is 0 Å². The van der Waals surface area contributed by atoms with E-state index in [1.165, 1.54) is 48.5 Å². The molecule has 0 fully saturated rings. The Labute approximate surface area is 261 Å². The van der Waals surface area contributed by atoms with Gasteiger partial charge in [-0.15, -0.1) is 12.4 Å². The van der Waals surface area contributed by atoms with E-state index in [1.807, 2.05) is 0 Å². The molecule has 1 atom stereocenters. The lowest BCUT2D eigenvalue weighted by Crippen LogP contribution is -2.41. The topological polar surface area (TPSA) is 174 Å². The van der Waals surface area contributed by atoms with Crippen molar-refractivity contribution in [1.82, 2.24) is 5.32 Å². The molecule has 0 radical (unpaired) electrons. The Morgan fingerprint density at radius 2 is 1.31 bits per heavy atom. The van der Waals surface area contributed by atoms with Crippen LogP contribution in [0.4, 0.5) is 35.9 Å². The highest BCUT2D eigenvalue weighted by Crippen LogP contribution is 2.37. The number of aromatic carboxylic acids is 2. The monoisotopic (exact) mass is 644 g/mol. The van der Waals surface area contributed by atoms with Crippen molar-refractivity contribution in [3.8, 4) is 5.75 Å². The summed E-state index contributed by atoms with van der Waals surface area (Å²) in [6, 6.07) is 17.9. The number of halogens is 4. The van der Waals surface area contributed by atoms with E-state index < -0.39 is 35.6 Å². The molecule has 0 spiro atoms. The van der Waals surface area contributed by atoms with E-state index in [4.69, 9.17) is 5.73 Å². The second-order valence-electron chi connectivity index (χ2n) is 9.74. The number of phenolic OH excluding ortho intramolecular Hbond substituents is 1. The lowest BCUT2D eigenvalue weighted by molar-refractivity contribution is -0.137. The van der Waals surface area contributed by atoms with E-state index >= 15 is 0 Å². The van der Waals surface area contributed by atoms with Crippen LogP contribution in [0.5, 0.6) is 5.75 Å². The summed E-state index contributed by atoms with van der Waals surface area (Å²) in [5, 5.41) is 36.9. The number of carbonyl (C=O) groups is 3. The molecule has 45 heavy (non-hydrogen) atoms. The summed E-state index contributed by atoms with van der Waals surface area (Å²) >= 11 is 0. The smallest absolute Gasteiger partial charge is 0.416 e. The first-order chi connectivity index (χ1) is 20.8. The number of rotatable bonds is 11. The molecule has 236 valence electrons. The van der Waals surface area contributed by atoms with E-state index in [0.717, 1.165) is 23.8 Å². The predicted molar refractivity (Wildman–Crippen MR) is 164 cm³/mol. The van der Waals surface area contributed by atoms with Gasteiger partial charge in [-0.05, 0) is 72.1 Å². The lowest BCUT2D eigenvalue weighted by Gasteiger charge is -2.19. The minimum atomic E-state index is -4.71. The van der Waals surface area contributed by atoms with Gasteiger partial charge in [-0.3, -0.25) is 4.79 Å². The number of benzene rings is 4. The fourth-order valence-electron chi connectivity index (χ4n) is 4.29. The molecule has 0 heterocycles. The number of nitrogens with one attached hydrogen (secondary N) is 3. The zero-order chi connectivity index (χ0) is 32.0. The number of alkyl halides is 3. The molecular weight excluding hydrogens is 617 g/mol. The van der Waals surface area contributed by atoms with Gasteiger partial charge in [-0.2, -0.15) is 13.2 Å². The molecule has 0 aromatic heterocycles. The minimum Gasteiger partial charge on any atom is -0.508 e. The Morgan fingerprint density at radius 3 is 1.96 bits per heavy atom. The second-order valence-corrected chi connectivity index (χ2v) is 9.74. The normalized spacial score (nSPS) is 11.6. The average Bonchev–Trinajstić information content (AvgIpc) is 2.97. The number of carbonyl (C=O) groups excluding carboxylic acids is 1. The molecular formula is C31H28ClF3N4O6. The van der Waals surface area contributed by atoms with E-state index in [9.17, 15) is 42.9 Å². The third-order valence-electron chi connectivity index (χ3n) is 6.55. The van der Waals surface area contributed by atoms with Crippen molar-refractivity contribution in [2.24, 2.45) is 5.73 Å². The average molecular weight is 645 g/mol. The number of hydrogen-bond acceptors (Lipinski definition) is 7. The molecule has 0 aliphatic carbocycles. The summed E-state index contributed by atoms with van der Waals surface area (Å²) < 4.78 is 40.7. The summed E-state index contributed by atoms with van der Waals surface area (Å²) in [5.74, 6) is -3.07. The van der Waals surface area contributed by atoms with Crippen LogP contribution < -0.4 is 21.7 Å². The third-order valence-corrected chi connectivity index (χ3v) is 6.55. The molecule has 14 heteroatoms. The van der Waals surface area contributed by atoms with Gasteiger partial charge in [-0.1, -0.05) is 30.3 Å². The Kier molecular flexibility index (Phi) is 11.0. The number of nitrogens with two attached hydrogens (primary N) is 1. The zero-order valence-corrected chi connectivity index (χ0v) is 24.1. The highest BCUT2D eigenvalue weighted by atomic mass is 35.5. The number of aromatic hydroxyl groups is 1. The van der Waals surface area contributed by atoms with Gasteiger partial charge in [0.25, 0.3) is 0 Å². The van der Waals surface area contributed by atoms with Crippen molar-refractivity contribution < 1.29 is 42.9 Å². The molecule has 8 N–H and O–H groups in total. The SMILES string of the molecule is Cl.N[C@@H](Cc1ccc(O)cc1)C(=O)NCc1ccc(Nc2cc(C(F)(F)F)ccc2Nc2ccccc2C(=O)O)c(C(=O)O)c1. The van der Waals surface area contributed by atoms with Gasteiger partial charge in [0.1, 0.15) is 5.75 Å². The van der Waals surface area contributed by atoms with Gasteiger partial charge in [0.05, 0.1) is 45.5 Å². The maximum absolute atomic E-state index is 13.6. The molecule has 1 amide bonds. The Hall–Kier alpha value is -5.27. The summed E-state index contributed by atoms with van der Waals surface area (Å²) in [5.41, 5.74) is 5.61. The molecule has 0 aliphatic rings. The van der Waals surface area contributed by atoms with E-state index in [0.29, 0.717) is 5.56 Å². The highest BCUT2D eigenvalue weighted by molar-refractivity contribution is 5.98. The van der Waals surface area contributed by atoms with E-state index in [-0.39, 0.29) is 65.0 Å². The van der Waals surface area contributed by atoms with Crippen LogP contribution in [0, 0.1) is 0 Å². The van der Waals surface area contributed by atoms with Crippen LogP contribution >= 0.6 is 12.4 Å². The molecule has 4 aromatic rings. The number of phenols is 1. The standard InChI is InChI=1S/C31H27F3N4O6.ClH/c32-31(33,34)19-8-12-26(37-24-4-2-1-3-21(24)29(41)42)27(15-19)38-25-11-7-18(13-22(25)30(43)44)16-36-28(40)23(35)14-17-5-9-20(39)10-6-17;/h1-13,15,23,37-39H,14,16,35H2,(H,36,40)(H,41,42)(H,43,44);1H/t23-;/m0./s1. The summed E-state index contributed by atoms with van der Waals surface area (Å²) in [7, 11) is 0. The first-order valence-electron chi connectivity index (χ1n) is 13.1. The quantitative estimate of drug-likeness (QED) is 0.105. The predicted octanol–water partition coefficient (Wildman–Crippen LogP) is 5.90. The van der Waals surface area contributed by atoms with Crippen molar-refractivity contribution in [1.29, 1.82) is 0 Å². The van der Waals surface area contributed by atoms with Crippen LogP contribution in [0.1, 0.15) is 37.4 Å². The van der Waals surface area contributed by atoms with Crippen molar-refractivity contribution in [2.75, 3.05) is 10.6 Å². The van der Waals surface area contributed by atoms with E-state index in [1.54, 1.807) is 18.2 Å². The number of para-hydroxylation sites is 1. The molecule has 4 aromatic carbocycles. The van der Waals surface area contributed by atoms with Gasteiger partial charge in [-0.25, -0.2) is 9.59 Å². The van der Waals surface area contributed by atoms with Gasteiger partial charge in [0, 0.05) is 6.54 Å². The lowest BCUT2D eigenvalue weighted by atomic mass is 10.0. The zero-order valence-electron chi connectivity index (χ0n) is 23.3. The van der Waals surface area contributed by atoms with Crippen molar-refractivity contribution in [3.63, 3.8) is 0 Å². The fraction of sp³-hybridized carbons (Fsp3) is 0.129. The Morgan fingerprint density at radius 1 is 0.733 bits per heavy atom. The van der Waals surface area contributed by atoms with Crippen LogP contribution in [0.15, 0.2) is 84.9 Å².